The molecule has 1 fully saturated rings. The van der Waals surface area contributed by atoms with Crippen molar-refractivity contribution in [3.8, 4) is 5.75 Å². The van der Waals surface area contributed by atoms with E-state index in [-0.39, 0.29) is 11.5 Å². The number of benzene rings is 1. The first-order chi connectivity index (χ1) is 8.01. The molecule has 0 bridgehead atoms. The minimum absolute atomic E-state index is 0.165. The van der Waals surface area contributed by atoms with E-state index >= 15 is 0 Å². The van der Waals surface area contributed by atoms with Gasteiger partial charge in [0.15, 0.2) is 0 Å². The maximum Gasteiger partial charge on any atom is 0.120 e. The summed E-state index contributed by atoms with van der Waals surface area (Å²) < 4.78 is 11.5. The van der Waals surface area contributed by atoms with Crippen molar-refractivity contribution in [1.29, 1.82) is 0 Å². The summed E-state index contributed by atoms with van der Waals surface area (Å²) in [6, 6.07) is 8.26. The summed E-state index contributed by atoms with van der Waals surface area (Å²) in [5, 5.41) is 0. The molecule has 1 aromatic rings. The first-order valence-electron chi connectivity index (χ1n) is 6.32. The Labute approximate surface area is 104 Å². The highest BCUT2D eigenvalue weighted by Gasteiger charge is 2.44. The largest absolute Gasteiger partial charge is 0.489 e. The Hall–Kier alpha value is -1.02. The molecule has 0 saturated carbocycles. The van der Waals surface area contributed by atoms with Crippen LogP contribution in [0.2, 0.25) is 0 Å². The standard InChI is InChI=1S/C15H22O2/c1-11(2)14(15(4)9-16-10-15)17-13-7-5-6-12(3)8-13/h5-8,11,14H,9-10H2,1-4H3. The highest BCUT2D eigenvalue weighted by Crippen LogP contribution is 2.37. The van der Waals surface area contributed by atoms with Crippen molar-refractivity contribution in [2.75, 3.05) is 13.2 Å². The third-order valence-corrected chi connectivity index (χ3v) is 3.41. The van der Waals surface area contributed by atoms with E-state index in [4.69, 9.17) is 9.47 Å². The molecule has 0 aliphatic carbocycles. The molecule has 1 saturated heterocycles. The van der Waals surface area contributed by atoms with Gasteiger partial charge < -0.3 is 9.47 Å². The van der Waals surface area contributed by atoms with Crippen LogP contribution in [0.3, 0.4) is 0 Å². The van der Waals surface area contributed by atoms with Gasteiger partial charge in [0.05, 0.1) is 18.6 Å². The van der Waals surface area contributed by atoms with Crippen molar-refractivity contribution in [2.24, 2.45) is 11.3 Å². The van der Waals surface area contributed by atoms with Crippen molar-refractivity contribution in [1.82, 2.24) is 0 Å². The lowest BCUT2D eigenvalue weighted by Crippen LogP contribution is -2.53. The normalized spacial score (nSPS) is 19.8. The maximum atomic E-state index is 6.18. The lowest BCUT2D eigenvalue weighted by Gasteiger charge is -2.45. The van der Waals surface area contributed by atoms with Crippen molar-refractivity contribution < 1.29 is 9.47 Å². The molecule has 17 heavy (non-hydrogen) atoms. The van der Waals surface area contributed by atoms with E-state index in [1.807, 2.05) is 12.1 Å². The average molecular weight is 234 g/mol. The Bertz CT molecular complexity index is 380. The van der Waals surface area contributed by atoms with Crippen LogP contribution in [0.1, 0.15) is 26.3 Å². The highest BCUT2D eigenvalue weighted by atomic mass is 16.5. The van der Waals surface area contributed by atoms with Gasteiger partial charge in [0, 0.05) is 0 Å². The van der Waals surface area contributed by atoms with Crippen LogP contribution < -0.4 is 4.74 Å². The van der Waals surface area contributed by atoms with Gasteiger partial charge in [-0.3, -0.25) is 0 Å². The fourth-order valence-electron chi connectivity index (χ4n) is 2.51. The lowest BCUT2D eigenvalue weighted by atomic mass is 9.77. The molecule has 1 atom stereocenters. The minimum Gasteiger partial charge on any atom is -0.489 e. The van der Waals surface area contributed by atoms with Crippen LogP contribution in [0.4, 0.5) is 0 Å². The van der Waals surface area contributed by atoms with Crippen molar-refractivity contribution in [3.63, 3.8) is 0 Å². The topological polar surface area (TPSA) is 18.5 Å². The quantitative estimate of drug-likeness (QED) is 0.794. The Kier molecular flexibility index (Phi) is 3.43. The second-order valence-corrected chi connectivity index (χ2v) is 5.75. The average Bonchev–Trinajstić information content (AvgIpc) is 2.22. The monoisotopic (exact) mass is 234 g/mol. The summed E-state index contributed by atoms with van der Waals surface area (Å²) in [6.07, 6.45) is 0.220. The second kappa shape index (κ2) is 4.69. The highest BCUT2D eigenvalue weighted by molar-refractivity contribution is 5.28. The first-order valence-corrected chi connectivity index (χ1v) is 6.32. The molecule has 0 N–H and O–H groups in total. The van der Waals surface area contributed by atoms with Crippen LogP contribution >= 0.6 is 0 Å². The fourth-order valence-corrected chi connectivity index (χ4v) is 2.51. The number of ether oxygens (including phenoxy) is 2. The molecule has 0 radical (unpaired) electrons. The van der Waals surface area contributed by atoms with Crippen LogP contribution in [-0.4, -0.2) is 19.3 Å². The van der Waals surface area contributed by atoms with Crippen molar-refractivity contribution >= 4 is 0 Å². The van der Waals surface area contributed by atoms with Gasteiger partial charge in [-0.1, -0.05) is 32.9 Å². The van der Waals surface area contributed by atoms with E-state index in [9.17, 15) is 0 Å². The van der Waals surface area contributed by atoms with Crippen LogP contribution in [0.15, 0.2) is 24.3 Å². The van der Waals surface area contributed by atoms with Crippen LogP contribution in [0.25, 0.3) is 0 Å². The molecule has 1 aromatic carbocycles. The zero-order valence-corrected chi connectivity index (χ0v) is 11.2. The zero-order chi connectivity index (χ0) is 12.5. The molecule has 1 aliphatic rings. The molecule has 1 unspecified atom stereocenters. The summed E-state index contributed by atoms with van der Waals surface area (Å²) in [5.74, 6) is 1.46. The molecule has 0 spiro atoms. The second-order valence-electron chi connectivity index (χ2n) is 5.75. The summed E-state index contributed by atoms with van der Waals surface area (Å²) in [5.41, 5.74) is 1.40. The number of hydrogen-bond donors (Lipinski definition) is 0. The molecule has 2 heteroatoms. The van der Waals surface area contributed by atoms with E-state index in [1.165, 1.54) is 5.56 Å². The Balaban J connectivity index is 2.13. The summed E-state index contributed by atoms with van der Waals surface area (Å²) >= 11 is 0. The summed E-state index contributed by atoms with van der Waals surface area (Å²) in [7, 11) is 0. The van der Waals surface area contributed by atoms with Gasteiger partial charge in [-0.2, -0.15) is 0 Å². The van der Waals surface area contributed by atoms with Gasteiger partial charge >= 0.3 is 0 Å². The fraction of sp³-hybridized carbons (Fsp3) is 0.600. The number of rotatable bonds is 4. The van der Waals surface area contributed by atoms with Gasteiger partial charge in [-0.15, -0.1) is 0 Å². The van der Waals surface area contributed by atoms with Gasteiger partial charge in [-0.05, 0) is 30.5 Å². The van der Waals surface area contributed by atoms with Crippen molar-refractivity contribution in [3.05, 3.63) is 29.8 Å². The predicted molar refractivity (Wildman–Crippen MR) is 69.4 cm³/mol. The molecular weight excluding hydrogens is 212 g/mol. The third kappa shape index (κ3) is 2.63. The molecule has 2 rings (SSSR count). The summed E-state index contributed by atoms with van der Waals surface area (Å²) in [6.45, 7) is 10.4. The number of hydrogen-bond acceptors (Lipinski definition) is 2. The molecule has 1 heterocycles. The van der Waals surface area contributed by atoms with Crippen molar-refractivity contribution in [2.45, 2.75) is 33.8 Å². The van der Waals surface area contributed by atoms with Gasteiger partial charge in [-0.25, -0.2) is 0 Å². The van der Waals surface area contributed by atoms with Gasteiger partial charge in [0.25, 0.3) is 0 Å². The predicted octanol–water partition coefficient (Wildman–Crippen LogP) is 3.43. The molecule has 0 aromatic heterocycles. The van der Waals surface area contributed by atoms with Gasteiger partial charge in [0.1, 0.15) is 11.9 Å². The van der Waals surface area contributed by atoms with E-state index < -0.39 is 0 Å². The smallest absolute Gasteiger partial charge is 0.120 e. The van der Waals surface area contributed by atoms with E-state index in [0.717, 1.165) is 19.0 Å². The van der Waals surface area contributed by atoms with E-state index in [2.05, 4.69) is 39.8 Å². The SMILES string of the molecule is Cc1cccc(OC(C(C)C)C2(C)COC2)c1. The Morgan fingerprint density at radius 3 is 2.47 bits per heavy atom. The Morgan fingerprint density at radius 2 is 2.00 bits per heavy atom. The maximum absolute atomic E-state index is 6.18. The molecule has 1 aliphatic heterocycles. The molecule has 0 amide bonds. The minimum atomic E-state index is 0.165. The van der Waals surface area contributed by atoms with Gasteiger partial charge in [0.2, 0.25) is 0 Å². The first kappa shape index (κ1) is 12.4. The van der Waals surface area contributed by atoms with E-state index in [0.29, 0.717) is 5.92 Å². The third-order valence-electron chi connectivity index (χ3n) is 3.41. The molecule has 94 valence electrons. The Morgan fingerprint density at radius 1 is 1.29 bits per heavy atom. The van der Waals surface area contributed by atoms with Crippen LogP contribution in [-0.2, 0) is 4.74 Å². The van der Waals surface area contributed by atoms with Crippen LogP contribution in [0, 0.1) is 18.3 Å². The number of aryl methyl sites for hydroxylation is 1. The van der Waals surface area contributed by atoms with E-state index in [1.54, 1.807) is 0 Å². The lowest BCUT2D eigenvalue weighted by molar-refractivity contribution is -0.163. The van der Waals surface area contributed by atoms with Crippen LogP contribution in [0.5, 0.6) is 5.75 Å². The zero-order valence-electron chi connectivity index (χ0n) is 11.2. The molecule has 2 nitrogen and oxygen atoms in total. The summed E-state index contributed by atoms with van der Waals surface area (Å²) in [4.78, 5) is 0. The molecular formula is C15H22O2.